The van der Waals surface area contributed by atoms with Crippen LogP contribution in [0.25, 0.3) is 22.6 Å². The molecule has 5 aliphatic rings. The molecule has 8 rings (SSSR count). The van der Waals surface area contributed by atoms with Crippen molar-refractivity contribution >= 4 is 23.2 Å². The van der Waals surface area contributed by atoms with Crippen molar-refractivity contribution in [3.8, 4) is 22.6 Å². The molecule has 0 spiro atoms. The zero-order valence-electron chi connectivity index (χ0n) is 23.4. The predicted molar refractivity (Wildman–Crippen MR) is 158 cm³/mol. The molecule has 5 fully saturated rings. The maximum Gasteiger partial charge on any atom is 0.228 e. The third-order valence-electron chi connectivity index (χ3n) is 10.5. The van der Waals surface area contributed by atoms with E-state index in [1.54, 1.807) is 0 Å². The molecular formula is C34H40N4O2. The lowest BCUT2D eigenvalue weighted by Crippen LogP contribution is -2.49. The first-order valence-electron chi connectivity index (χ1n) is 15.4. The molecule has 2 amide bonds. The van der Waals surface area contributed by atoms with E-state index in [9.17, 15) is 9.59 Å². The number of aromatic amines is 1. The van der Waals surface area contributed by atoms with Crippen LogP contribution in [0.15, 0.2) is 54.7 Å². The molecule has 208 valence electrons. The van der Waals surface area contributed by atoms with E-state index in [-0.39, 0.29) is 23.7 Å². The summed E-state index contributed by atoms with van der Waals surface area (Å²) in [6.07, 6.45) is 12.6. The highest BCUT2D eigenvalue weighted by Gasteiger charge is 2.50. The number of hydrogen-bond donors (Lipinski definition) is 3. The molecule has 2 unspecified atom stereocenters. The Balaban J connectivity index is 1.04. The smallest absolute Gasteiger partial charge is 0.228 e. The monoisotopic (exact) mass is 536 g/mol. The summed E-state index contributed by atoms with van der Waals surface area (Å²) in [5.74, 6) is 4.60. The molecule has 6 heteroatoms. The van der Waals surface area contributed by atoms with Gasteiger partial charge in [0.25, 0.3) is 0 Å². The largest absolute Gasteiger partial charge is 0.338 e. The van der Waals surface area contributed by atoms with Gasteiger partial charge in [0.05, 0.1) is 17.6 Å². The summed E-state index contributed by atoms with van der Waals surface area (Å²) >= 11 is 0. The fraction of sp³-hybridized carbons (Fsp3) is 0.500. The molecule has 40 heavy (non-hydrogen) atoms. The Morgan fingerprint density at radius 2 is 1.52 bits per heavy atom. The minimum absolute atomic E-state index is 0.102. The predicted octanol–water partition coefficient (Wildman–Crippen LogP) is 7.52. The molecule has 5 saturated carbocycles. The molecule has 5 aliphatic carbocycles. The van der Waals surface area contributed by atoms with E-state index in [2.05, 4.69) is 27.5 Å². The van der Waals surface area contributed by atoms with Crippen molar-refractivity contribution in [2.75, 3.05) is 10.6 Å². The average molecular weight is 537 g/mol. The number of para-hydroxylation sites is 1. The van der Waals surface area contributed by atoms with Crippen LogP contribution in [-0.2, 0) is 9.59 Å². The Bertz CT molecular complexity index is 1360. The molecule has 3 aromatic rings. The summed E-state index contributed by atoms with van der Waals surface area (Å²) in [6.45, 7) is 2.19. The summed E-state index contributed by atoms with van der Waals surface area (Å²) < 4.78 is 0. The molecule has 1 heterocycles. The van der Waals surface area contributed by atoms with Gasteiger partial charge in [-0.3, -0.25) is 9.59 Å². The van der Waals surface area contributed by atoms with E-state index in [4.69, 9.17) is 0 Å². The summed E-state index contributed by atoms with van der Waals surface area (Å²) in [7, 11) is 0. The Morgan fingerprint density at radius 3 is 2.25 bits per heavy atom. The number of carbonyl (C=O) groups excluding carboxylic acids is 2. The summed E-state index contributed by atoms with van der Waals surface area (Å²) in [5, 5.41) is 6.43. The van der Waals surface area contributed by atoms with E-state index >= 15 is 0 Å². The van der Waals surface area contributed by atoms with Crippen LogP contribution in [0.4, 0.5) is 11.4 Å². The van der Waals surface area contributed by atoms with Gasteiger partial charge in [-0.05, 0) is 105 Å². The topological polar surface area (TPSA) is 86.9 Å². The summed E-state index contributed by atoms with van der Waals surface area (Å²) in [6, 6.07) is 15.9. The van der Waals surface area contributed by atoms with Crippen LogP contribution in [-0.4, -0.2) is 21.8 Å². The highest BCUT2D eigenvalue weighted by molar-refractivity contribution is 5.97. The van der Waals surface area contributed by atoms with Crippen LogP contribution in [0.5, 0.6) is 0 Å². The molecule has 3 N–H and O–H groups in total. The van der Waals surface area contributed by atoms with Crippen molar-refractivity contribution in [2.45, 2.75) is 64.7 Å². The number of rotatable bonds is 6. The van der Waals surface area contributed by atoms with Gasteiger partial charge in [-0.1, -0.05) is 38.0 Å². The maximum absolute atomic E-state index is 13.6. The average Bonchev–Trinajstić information content (AvgIpc) is 3.43. The van der Waals surface area contributed by atoms with E-state index < -0.39 is 0 Å². The lowest BCUT2D eigenvalue weighted by atomic mass is 9.51. The van der Waals surface area contributed by atoms with E-state index in [1.165, 1.54) is 38.5 Å². The Labute approximate surface area is 236 Å². The van der Waals surface area contributed by atoms with Crippen molar-refractivity contribution in [1.82, 2.24) is 9.97 Å². The summed E-state index contributed by atoms with van der Waals surface area (Å²) in [4.78, 5) is 34.5. The van der Waals surface area contributed by atoms with Gasteiger partial charge in [-0.15, -0.1) is 0 Å². The second-order valence-electron chi connectivity index (χ2n) is 13.1. The number of nitrogens with one attached hydrogen (secondary N) is 3. The second kappa shape index (κ2) is 10.5. The zero-order valence-corrected chi connectivity index (χ0v) is 23.4. The minimum atomic E-state index is 0.102. The van der Waals surface area contributed by atoms with Gasteiger partial charge < -0.3 is 15.6 Å². The number of benzene rings is 2. The van der Waals surface area contributed by atoms with Crippen molar-refractivity contribution in [3.05, 3.63) is 54.7 Å². The van der Waals surface area contributed by atoms with Crippen LogP contribution in [0.1, 0.15) is 64.7 Å². The molecule has 2 atom stereocenters. The van der Waals surface area contributed by atoms with Gasteiger partial charge in [-0.2, -0.15) is 0 Å². The van der Waals surface area contributed by atoms with Crippen LogP contribution < -0.4 is 10.6 Å². The van der Waals surface area contributed by atoms with Crippen molar-refractivity contribution in [1.29, 1.82) is 0 Å². The van der Waals surface area contributed by atoms with E-state index in [1.807, 2.05) is 54.7 Å². The maximum atomic E-state index is 13.6. The molecule has 6 nitrogen and oxygen atoms in total. The van der Waals surface area contributed by atoms with E-state index in [0.29, 0.717) is 17.8 Å². The molecule has 0 aliphatic heterocycles. The van der Waals surface area contributed by atoms with Gasteiger partial charge in [0.1, 0.15) is 5.82 Å². The van der Waals surface area contributed by atoms with E-state index in [0.717, 1.165) is 65.1 Å². The normalized spacial score (nSPS) is 30.7. The molecule has 4 bridgehead atoms. The SMILES string of the molecule is CC1CCCCC1C(=O)Nc1ccc(-c2ncc(-c3ccccc3NC(=O)C3C4CC5CC(C4)CC3C5)[nH]2)cc1. The first-order chi connectivity index (χ1) is 19.5. The number of nitrogens with zero attached hydrogens (tertiary/aromatic N) is 1. The number of carbonyl (C=O) groups is 2. The quantitative estimate of drug-likeness (QED) is 0.304. The standard InChI is InChI=1S/C34H40N4O2/c1-20-6-2-3-7-27(20)33(39)36-26-12-10-23(11-13-26)32-35-19-30(37-32)28-8-4-5-9-29(28)38-34(40)31-24-15-21-14-22(17-24)18-25(31)16-21/h4-5,8-13,19-22,24-25,27,31H,2-3,6-7,14-18H2,1H3,(H,35,37)(H,36,39)(H,38,40). The minimum Gasteiger partial charge on any atom is -0.338 e. The molecule has 0 saturated heterocycles. The lowest BCUT2D eigenvalue weighted by Gasteiger charge is -2.53. The first-order valence-corrected chi connectivity index (χ1v) is 15.4. The fourth-order valence-corrected chi connectivity index (χ4v) is 8.65. The zero-order chi connectivity index (χ0) is 27.2. The van der Waals surface area contributed by atoms with Crippen LogP contribution >= 0.6 is 0 Å². The van der Waals surface area contributed by atoms with Gasteiger partial charge in [0.2, 0.25) is 11.8 Å². The number of aromatic nitrogens is 2. The Morgan fingerprint density at radius 1 is 0.825 bits per heavy atom. The Hall–Kier alpha value is -3.41. The van der Waals surface area contributed by atoms with Crippen molar-refractivity contribution in [3.63, 3.8) is 0 Å². The molecule has 2 aromatic carbocycles. The van der Waals surface area contributed by atoms with Crippen LogP contribution in [0, 0.1) is 41.4 Å². The number of imidazole rings is 1. The van der Waals surface area contributed by atoms with Crippen LogP contribution in [0.3, 0.4) is 0 Å². The highest BCUT2D eigenvalue weighted by atomic mass is 16.2. The summed E-state index contributed by atoms with van der Waals surface area (Å²) in [5.41, 5.74) is 4.43. The van der Waals surface area contributed by atoms with Gasteiger partial charge in [-0.25, -0.2) is 4.98 Å². The third kappa shape index (κ3) is 4.86. The van der Waals surface area contributed by atoms with Gasteiger partial charge >= 0.3 is 0 Å². The number of hydrogen-bond acceptors (Lipinski definition) is 3. The van der Waals surface area contributed by atoms with Crippen molar-refractivity contribution < 1.29 is 9.59 Å². The fourth-order valence-electron chi connectivity index (χ4n) is 8.65. The first kappa shape index (κ1) is 25.6. The lowest BCUT2D eigenvalue weighted by molar-refractivity contribution is -0.132. The molecular weight excluding hydrogens is 496 g/mol. The second-order valence-corrected chi connectivity index (χ2v) is 13.1. The third-order valence-corrected chi connectivity index (χ3v) is 10.5. The Kier molecular flexibility index (Phi) is 6.73. The number of amides is 2. The number of anilines is 2. The molecule has 0 radical (unpaired) electrons. The number of H-pyrrole nitrogens is 1. The van der Waals surface area contributed by atoms with Crippen LogP contribution in [0.2, 0.25) is 0 Å². The van der Waals surface area contributed by atoms with Crippen molar-refractivity contribution in [2.24, 2.45) is 41.4 Å². The highest BCUT2D eigenvalue weighted by Crippen LogP contribution is 2.56. The van der Waals surface area contributed by atoms with Gasteiger partial charge in [0.15, 0.2) is 0 Å². The van der Waals surface area contributed by atoms with Gasteiger partial charge in [0, 0.05) is 28.7 Å². The molecule has 1 aromatic heterocycles.